The average molecular weight is 453 g/mol. The van der Waals surface area contributed by atoms with E-state index < -0.39 is 13.3 Å². The summed E-state index contributed by atoms with van der Waals surface area (Å²) in [5, 5.41) is 5.32. The van der Waals surface area contributed by atoms with Gasteiger partial charge in [-0.05, 0) is 0 Å². The molecule has 2 aromatic carbocycles. The first-order valence-corrected chi connectivity index (χ1v) is 18.0. The molecule has 0 aliphatic carbocycles. The molecule has 4 heterocycles. The van der Waals surface area contributed by atoms with E-state index in [1.54, 1.807) is 4.40 Å². The van der Waals surface area contributed by atoms with Crippen LogP contribution >= 0.6 is 0 Å². The van der Waals surface area contributed by atoms with Crippen molar-refractivity contribution in [3.63, 3.8) is 0 Å². The van der Waals surface area contributed by atoms with Gasteiger partial charge in [0.1, 0.15) is 0 Å². The van der Waals surface area contributed by atoms with Gasteiger partial charge in [-0.2, -0.15) is 0 Å². The fourth-order valence-electron chi connectivity index (χ4n) is 5.15. The first kappa shape index (κ1) is 18.1. The molecule has 0 saturated heterocycles. The molecule has 0 radical (unpaired) electrons. The van der Waals surface area contributed by atoms with Crippen LogP contribution in [-0.2, 0) is 7.05 Å². The van der Waals surface area contributed by atoms with Crippen LogP contribution in [0.2, 0.25) is 17.3 Å². The van der Waals surface area contributed by atoms with E-state index in [-0.39, 0.29) is 0 Å². The van der Waals surface area contributed by atoms with Gasteiger partial charge in [0.15, 0.2) is 0 Å². The van der Waals surface area contributed by atoms with Gasteiger partial charge in [-0.25, -0.2) is 0 Å². The summed E-state index contributed by atoms with van der Waals surface area (Å²) < 4.78 is 6.34. The Balaban J connectivity index is 2.09. The summed E-state index contributed by atoms with van der Waals surface area (Å²) in [5.74, 6) is 7.44. The van der Waals surface area contributed by atoms with Gasteiger partial charge >= 0.3 is 179 Å². The van der Waals surface area contributed by atoms with E-state index in [0.717, 1.165) is 5.52 Å². The third-order valence-electron chi connectivity index (χ3n) is 6.88. The number of pyridine rings is 3. The number of aromatic nitrogens is 3. The standard InChI is InChI=1S/C26H26GeN3/c1-15-12-19-24-20(8-7-10-28-24)30-21-14-18(27(3,4)5)13-17-9-11-29(6)26(23(17)21)22(16(15)2)25(19)30/h7-14H,1-6H3/q+1. The molecule has 4 heteroatoms. The quantitative estimate of drug-likeness (QED) is 0.142. The van der Waals surface area contributed by atoms with Gasteiger partial charge in [0.05, 0.1) is 0 Å². The second kappa shape index (κ2) is 5.73. The number of hydrogen-bond donors (Lipinski definition) is 0. The van der Waals surface area contributed by atoms with E-state index in [1.165, 1.54) is 54.7 Å². The molecule has 3 nitrogen and oxygen atoms in total. The third kappa shape index (κ3) is 2.16. The molecule has 0 saturated carbocycles. The summed E-state index contributed by atoms with van der Waals surface area (Å²) in [4.78, 5) is 4.82. The van der Waals surface area contributed by atoms with E-state index in [1.807, 2.05) is 6.20 Å². The number of benzene rings is 2. The molecule has 0 unspecified atom stereocenters. The van der Waals surface area contributed by atoms with Crippen molar-refractivity contribution < 1.29 is 4.57 Å². The van der Waals surface area contributed by atoms with E-state index in [2.05, 4.69) is 89.7 Å². The van der Waals surface area contributed by atoms with Crippen molar-refractivity contribution in [2.45, 2.75) is 31.1 Å². The maximum absolute atomic E-state index is 4.82. The number of hydrogen-bond acceptors (Lipinski definition) is 1. The van der Waals surface area contributed by atoms with Crippen LogP contribution in [0.1, 0.15) is 11.1 Å². The Kier molecular flexibility index (Phi) is 3.46. The molecule has 0 bridgehead atoms. The summed E-state index contributed by atoms with van der Waals surface area (Å²) >= 11 is -2.03. The Hall–Kier alpha value is -2.66. The molecule has 4 aromatic heterocycles. The topological polar surface area (TPSA) is 21.2 Å². The predicted octanol–water partition coefficient (Wildman–Crippen LogP) is 5.37. The Morgan fingerprint density at radius 1 is 0.967 bits per heavy atom. The molecule has 0 aliphatic heterocycles. The molecular formula is C26H26GeN3+. The van der Waals surface area contributed by atoms with E-state index in [9.17, 15) is 0 Å². The Bertz CT molecular complexity index is 1650. The van der Waals surface area contributed by atoms with Crippen molar-refractivity contribution in [1.82, 2.24) is 9.38 Å². The third-order valence-corrected chi connectivity index (χ3v) is 11.1. The van der Waals surface area contributed by atoms with Gasteiger partial charge in [-0.1, -0.05) is 0 Å². The molecular weight excluding hydrogens is 427 g/mol. The second-order valence-corrected chi connectivity index (χ2v) is 20.4. The SMILES string of the molecule is Cc1cc2c3ncccc3n3c4c[c]([Ge]([CH3])([CH3])[CH3])cc5cc[n+](C)c(c(c1C)c23)c54. The zero-order valence-electron chi connectivity index (χ0n) is 18.5. The zero-order chi connectivity index (χ0) is 20.9. The van der Waals surface area contributed by atoms with Crippen molar-refractivity contribution in [3.8, 4) is 0 Å². The first-order valence-electron chi connectivity index (χ1n) is 10.6. The molecule has 30 heavy (non-hydrogen) atoms. The summed E-state index contributed by atoms with van der Waals surface area (Å²) in [6.45, 7) is 4.49. The molecule has 6 aromatic rings. The van der Waals surface area contributed by atoms with Crippen molar-refractivity contribution in [1.29, 1.82) is 0 Å². The van der Waals surface area contributed by atoms with Crippen LogP contribution < -0.4 is 8.96 Å². The summed E-state index contributed by atoms with van der Waals surface area (Å²) in [6.07, 6.45) is 4.15. The van der Waals surface area contributed by atoms with Gasteiger partial charge in [0.2, 0.25) is 0 Å². The molecule has 6 rings (SSSR count). The number of fused-ring (bicyclic) bond motifs is 5. The van der Waals surface area contributed by atoms with Crippen LogP contribution in [0.3, 0.4) is 0 Å². The zero-order valence-corrected chi connectivity index (χ0v) is 20.6. The van der Waals surface area contributed by atoms with Gasteiger partial charge in [-0.15, -0.1) is 0 Å². The van der Waals surface area contributed by atoms with Crippen LogP contribution in [-0.4, -0.2) is 22.7 Å². The van der Waals surface area contributed by atoms with Crippen LogP contribution in [0.25, 0.3) is 49.1 Å². The number of nitrogens with zero attached hydrogens (tertiary/aromatic N) is 3. The molecule has 0 fully saturated rings. The van der Waals surface area contributed by atoms with Crippen molar-refractivity contribution in [2.24, 2.45) is 7.05 Å². The monoisotopic (exact) mass is 454 g/mol. The number of rotatable bonds is 1. The molecule has 148 valence electrons. The molecule has 0 spiro atoms. The van der Waals surface area contributed by atoms with Gasteiger partial charge in [0.25, 0.3) is 0 Å². The molecule has 0 atom stereocenters. The van der Waals surface area contributed by atoms with Crippen LogP contribution in [0.4, 0.5) is 0 Å². The van der Waals surface area contributed by atoms with Gasteiger partial charge < -0.3 is 0 Å². The van der Waals surface area contributed by atoms with Gasteiger partial charge in [0, 0.05) is 0 Å². The first-order chi connectivity index (χ1) is 14.3. The molecule has 0 aliphatic rings. The van der Waals surface area contributed by atoms with E-state index in [0.29, 0.717) is 0 Å². The summed E-state index contributed by atoms with van der Waals surface area (Å²) in [7, 11) is 2.18. The van der Waals surface area contributed by atoms with Crippen LogP contribution in [0.15, 0.2) is 48.8 Å². The summed E-state index contributed by atoms with van der Waals surface area (Å²) in [6, 6.07) is 13.8. The fourth-order valence-corrected chi connectivity index (χ4v) is 7.58. The van der Waals surface area contributed by atoms with E-state index in [4.69, 9.17) is 4.98 Å². The van der Waals surface area contributed by atoms with Crippen molar-refractivity contribution in [2.75, 3.05) is 0 Å². The minimum atomic E-state index is -2.03. The van der Waals surface area contributed by atoms with Crippen molar-refractivity contribution >= 4 is 66.8 Å². The van der Waals surface area contributed by atoms with Gasteiger partial charge in [-0.3, -0.25) is 0 Å². The molecule has 0 N–H and O–H groups in total. The van der Waals surface area contributed by atoms with Crippen molar-refractivity contribution in [3.05, 3.63) is 59.9 Å². The normalized spacial score (nSPS) is 13.0. The van der Waals surface area contributed by atoms with E-state index >= 15 is 0 Å². The second-order valence-electron chi connectivity index (χ2n) is 9.78. The average Bonchev–Trinajstić information content (AvgIpc) is 3.03. The summed E-state index contributed by atoms with van der Waals surface area (Å²) in [5.41, 5.74) is 8.94. The maximum atomic E-state index is 4.82. The number of aryl methyl sites for hydroxylation is 3. The Morgan fingerprint density at radius 2 is 1.77 bits per heavy atom. The van der Waals surface area contributed by atoms with Crippen LogP contribution in [0, 0.1) is 13.8 Å². The Labute approximate surface area is 178 Å². The predicted molar refractivity (Wildman–Crippen MR) is 130 cm³/mol. The van der Waals surface area contributed by atoms with Crippen LogP contribution in [0.5, 0.6) is 0 Å². The Morgan fingerprint density at radius 3 is 2.53 bits per heavy atom. The fraction of sp³-hybridized carbons (Fsp3) is 0.231. The molecule has 0 amide bonds. The minimum absolute atomic E-state index is 1.10.